The number of phenols is 1. The number of ketones is 2. The number of fused-ring (bicyclic) bond motifs is 3. The number of hydrogen-bond acceptors (Lipinski definition) is 10. The summed E-state index contributed by atoms with van der Waals surface area (Å²) < 4.78 is 0. The molecule has 0 fully saturated rings. The van der Waals surface area contributed by atoms with Gasteiger partial charge < -0.3 is 26.2 Å². The fourth-order valence-corrected chi connectivity index (χ4v) is 5.93. The molecule has 0 spiro atoms. The molecular formula is C25H24N4O7. The second-order valence-electron chi connectivity index (χ2n) is 9.54. The first-order valence-corrected chi connectivity index (χ1v) is 11.3. The fraction of sp³-hybridized carbons (Fsp3) is 0.320. The molecule has 11 nitrogen and oxygen atoms in total. The zero-order chi connectivity index (χ0) is 26.1. The van der Waals surface area contributed by atoms with Gasteiger partial charge in [0.05, 0.1) is 23.5 Å². The summed E-state index contributed by atoms with van der Waals surface area (Å²) in [5, 5.41) is 44.3. The SMILES string of the molecule is CN(C)C1C(O)=C(C(N)=O)C(=O)C2(O)C(O)=C3C(=O)c4c(O)ccc(-c5cnccn5)c4CC3CC12. The number of rotatable bonds is 3. The van der Waals surface area contributed by atoms with E-state index in [2.05, 4.69) is 9.97 Å². The Morgan fingerprint density at radius 1 is 1.17 bits per heavy atom. The number of aromatic nitrogens is 2. The van der Waals surface area contributed by atoms with Crippen molar-refractivity contribution in [3.05, 3.63) is 64.5 Å². The highest BCUT2D eigenvalue weighted by molar-refractivity contribution is 6.24. The first kappa shape index (κ1) is 23.6. The third-order valence-electron chi connectivity index (χ3n) is 7.45. The molecule has 0 bridgehead atoms. The lowest BCUT2D eigenvalue weighted by molar-refractivity contribution is -0.148. The third-order valence-corrected chi connectivity index (χ3v) is 7.45. The lowest BCUT2D eigenvalue weighted by atomic mass is 9.58. The molecule has 0 saturated carbocycles. The van der Waals surface area contributed by atoms with Crippen LogP contribution in [-0.2, 0) is 16.0 Å². The maximum absolute atomic E-state index is 13.7. The number of carbonyl (C=O) groups is 3. The van der Waals surface area contributed by atoms with Crippen molar-refractivity contribution in [3.8, 4) is 17.0 Å². The van der Waals surface area contributed by atoms with Crippen LogP contribution >= 0.6 is 0 Å². The molecule has 4 atom stereocenters. The van der Waals surface area contributed by atoms with E-state index in [0.29, 0.717) is 16.8 Å². The number of primary amides is 1. The summed E-state index contributed by atoms with van der Waals surface area (Å²) in [5.41, 5.74) is 3.11. The van der Waals surface area contributed by atoms with Crippen LogP contribution < -0.4 is 5.73 Å². The Morgan fingerprint density at radius 3 is 2.50 bits per heavy atom. The summed E-state index contributed by atoms with van der Waals surface area (Å²) in [6, 6.07) is 1.91. The predicted octanol–water partition coefficient (Wildman–Crippen LogP) is 0.578. The molecule has 3 aliphatic carbocycles. The summed E-state index contributed by atoms with van der Waals surface area (Å²) in [4.78, 5) is 48.9. The number of aromatic hydroxyl groups is 1. The van der Waals surface area contributed by atoms with Crippen molar-refractivity contribution in [2.75, 3.05) is 14.1 Å². The Kier molecular flexibility index (Phi) is 5.23. The summed E-state index contributed by atoms with van der Waals surface area (Å²) >= 11 is 0. The number of likely N-dealkylation sites (N-methyl/N-ethyl adjacent to an activating group) is 1. The number of carbonyl (C=O) groups excluding carboxylic acids is 3. The number of hydrogen-bond donors (Lipinski definition) is 5. The highest BCUT2D eigenvalue weighted by atomic mass is 16.3. The number of nitrogens with two attached hydrogens (primary N) is 1. The molecule has 1 aromatic heterocycles. The number of aliphatic hydroxyl groups excluding tert-OH is 2. The number of benzene rings is 1. The zero-order valence-electron chi connectivity index (χ0n) is 19.5. The minimum atomic E-state index is -2.66. The molecule has 0 radical (unpaired) electrons. The van der Waals surface area contributed by atoms with Crippen LogP contribution in [0, 0.1) is 11.8 Å². The minimum Gasteiger partial charge on any atom is -0.510 e. The smallest absolute Gasteiger partial charge is 0.255 e. The molecule has 1 aromatic carbocycles. The largest absolute Gasteiger partial charge is 0.510 e. The molecule has 2 aromatic rings. The molecule has 36 heavy (non-hydrogen) atoms. The van der Waals surface area contributed by atoms with E-state index >= 15 is 0 Å². The van der Waals surface area contributed by atoms with Gasteiger partial charge in [-0.15, -0.1) is 0 Å². The van der Waals surface area contributed by atoms with Crippen molar-refractivity contribution in [1.82, 2.24) is 14.9 Å². The Bertz CT molecular complexity index is 1400. The van der Waals surface area contributed by atoms with Crippen molar-refractivity contribution in [3.63, 3.8) is 0 Å². The second-order valence-corrected chi connectivity index (χ2v) is 9.54. The van der Waals surface area contributed by atoms with Crippen LogP contribution in [0.5, 0.6) is 5.75 Å². The normalized spacial score (nSPS) is 27.6. The van der Waals surface area contributed by atoms with Crippen molar-refractivity contribution in [2.24, 2.45) is 17.6 Å². The van der Waals surface area contributed by atoms with Crippen LogP contribution in [0.2, 0.25) is 0 Å². The Morgan fingerprint density at radius 2 is 1.89 bits per heavy atom. The Balaban J connectivity index is 1.73. The van der Waals surface area contributed by atoms with Crippen LogP contribution in [0.3, 0.4) is 0 Å². The van der Waals surface area contributed by atoms with E-state index in [1.165, 1.54) is 29.6 Å². The second kappa shape index (κ2) is 7.97. The fourth-order valence-electron chi connectivity index (χ4n) is 5.93. The summed E-state index contributed by atoms with van der Waals surface area (Å²) in [7, 11) is 3.16. The van der Waals surface area contributed by atoms with E-state index in [-0.39, 0.29) is 29.7 Å². The minimum absolute atomic E-state index is 0.0152. The van der Waals surface area contributed by atoms with Crippen LogP contribution in [0.15, 0.2) is 53.4 Å². The Hall–Kier alpha value is -4.09. The number of Topliss-reactive ketones (excluding diaryl/α,β-unsaturated/α-hetero) is 2. The van der Waals surface area contributed by atoms with E-state index < -0.39 is 58.0 Å². The summed E-state index contributed by atoms with van der Waals surface area (Å²) in [6.45, 7) is 0. The van der Waals surface area contributed by atoms with E-state index in [0.717, 1.165) is 0 Å². The number of amides is 1. The van der Waals surface area contributed by atoms with E-state index in [4.69, 9.17) is 5.73 Å². The van der Waals surface area contributed by atoms with Gasteiger partial charge in [-0.2, -0.15) is 0 Å². The van der Waals surface area contributed by atoms with Crippen LogP contribution in [0.25, 0.3) is 11.3 Å². The third kappa shape index (κ3) is 3.02. The number of aliphatic hydroxyl groups is 3. The lowest BCUT2D eigenvalue weighted by Crippen LogP contribution is -2.63. The molecular weight excluding hydrogens is 468 g/mol. The molecule has 1 heterocycles. The molecule has 1 amide bonds. The van der Waals surface area contributed by atoms with Gasteiger partial charge in [-0.1, -0.05) is 0 Å². The molecule has 0 aliphatic heterocycles. The van der Waals surface area contributed by atoms with Crippen molar-refractivity contribution in [2.45, 2.75) is 24.5 Å². The molecule has 4 unspecified atom stereocenters. The molecule has 6 N–H and O–H groups in total. The van der Waals surface area contributed by atoms with Gasteiger partial charge in [0.2, 0.25) is 5.78 Å². The van der Waals surface area contributed by atoms with Gasteiger partial charge in [-0.25, -0.2) is 0 Å². The molecule has 11 heteroatoms. The van der Waals surface area contributed by atoms with E-state index in [1.54, 1.807) is 20.2 Å². The standard InChI is InChI=1S/C25H24N4O7/c1-29(2)19-13-8-10-7-12-11(14-9-27-5-6-28-14)3-4-15(30)17(12)20(31)16(10)22(33)25(13,36)23(34)18(21(19)32)24(26)35/h3-6,9-10,13,19,30,32-33,36H,7-8H2,1-2H3,(H2,26,35). The topological polar surface area (TPSA) is 187 Å². The maximum Gasteiger partial charge on any atom is 0.255 e. The van der Waals surface area contributed by atoms with Gasteiger partial charge in [-0.05, 0) is 50.6 Å². The average molecular weight is 492 g/mol. The van der Waals surface area contributed by atoms with Crippen LogP contribution in [-0.4, -0.2) is 78.5 Å². The first-order valence-electron chi connectivity index (χ1n) is 11.3. The van der Waals surface area contributed by atoms with Crippen LogP contribution in [0.1, 0.15) is 22.3 Å². The zero-order valence-corrected chi connectivity index (χ0v) is 19.5. The van der Waals surface area contributed by atoms with Crippen molar-refractivity contribution >= 4 is 17.5 Å². The highest BCUT2D eigenvalue weighted by Gasteiger charge is 2.63. The summed E-state index contributed by atoms with van der Waals surface area (Å²) in [5.74, 6) is -6.85. The van der Waals surface area contributed by atoms with Gasteiger partial charge in [0.1, 0.15) is 22.8 Å². The Labute approximate surface area is 205 Å². The molecule has 186 valence electrons. The first-order chi connectivity index (χ1) is 17.0. The van der Waals surface area contributed by atoms with Crippen LogP contribution in [0.4, 0.5) is 0 Å². The average Bonchev–Trinajstić information content (AvgIpc) is 2.81. The predicted molar refractivity (Wildman–Crippen MR) is 125 cm³/mol. The van der Waals surface area contributed by atoms with Gasteiger partial charge in [0.25, 0.3) is 5.91 Å². The van der Waals surface area contributed by atoms with Gasteiger partial charge >= 0.3 is 0 Å². The van der Waals surface area contributed by atoms with E-state index in [1.807, 2.05) is 0 Å². The van der Waals surface area contributed by atoms with Gasteiger partial charge in [-0.3, -0.25) is 29.3 Å². The maximum atomic E-state index is 13.7. The van der Waals surface area contributed by atoms with Crippen molar-refractivity contribution < 1.29 is 34.8 Å². The number of phenolic OH excluding ortho intramolecular Hbond substituents is 1. The number of nitrogens with zero attached hydrogens (tertiary/aromatic N) is 3. The van der Waals surface area contributed by atoms with E-state index in [9.17, 15) is 34.8 Å². The van der Waals surface area contributed by atoms with Gasteiger partial charge in [0.15, 0.2) is 11.4 Å². The van der Waals surface area contributed by atoms with Gasteiger partial charge in [0, 0.05) is 29.4 Å². The highest BCUT2D eigenvalue weighted by Crippen LogP contribution is 2.52. The quantitative estimate of drug-likeness (QED) is 0.379. The lowest BCUT2D eigenvalue weighted by Gasteiger charge is -2.50. The monoisotopic (exact) mass is 492 g/mol. The number of allylic oxidation sites excluding steroid dienone is 1. The molecule has 3 aliphatic rings. The molecule has 0 saturated heterocycles. The van der Waals surface area contributed by atoms with Crippen molar-refractivity contribution in [1.29, 1.82) is 0 Å². The summed E-state index contributed by atoms with van der Waals surface area (Å²) in [6.07, 6.45) is 4.72. The molecule has 5 rings (SSSR count).